The molecule has 0 aliphatic carbocycles. The van der Waals surface area contributed by atoms with Crippen LogP contribution in [0, 0.1) is 23.5 Å². The molecule has 0 saturated heterocycles. The molecule has 1 atom stereocenters. The van der Waals surface area contributed by atoms with Crippen molar-refractivity contribution in [3.63, 3.8) is 0 Å². The Balaban J connectivity index is 1.52. The van der Waals surface area contributed by atoms with Crippen LogP contribution >= 0.6 is 0 Å². The van der Waals surface area contributed by atoms with Crippen LogP contribution in [0.2, 0.25) is 0 Å². The number of esters is 2. The van der Waals surface area contributed by atoms with E-state index in [4.69, 9.17) is 14.2 Å². The molecule has 0 bridgehead atoms. The second-order valence-corrected chi connectivity index (χ2v) is 10.8. The number of hydrogen-bond acceptors (Lipinski definition) is 5. The summed E-state index contributed by atoms with van der Waals surface area (Å²) >= 11 is 0. The van der Waals surface area contributed by atoms with Crippen LogP contribution in [0.15, 0.2) is 60.7 Å². The molecule has 0 amide bonds. The predicted molar refractivity (Wildman–Crippen MR) is 168 cm³/mol. The average Bonchev–Trinajstić information content (AvgIpc) is 3.02. The van der Waals surface area contributed by atoms with Crippen molar-refractivity contribution in [2.75, 3.05) is 6.61 Å². The highest BCUT2D eigenvalue weighted by molar-refractivity contribution is 5.91. The van der Waals surface area contributed by atoms with E-state index >= 15 is 0 Å². The predicted octanol–water partition coefficient (Wildman–Crippen LogP) is 9.45. The minimum Gasteiger partial charge on any atom is -0.491 e. The van der Waals surface area contributed by atoms with E-state index in [1.165, 1.54) is 30.7 Å². The van der Waals surface area contributed by atoms with Crippen LogP contribution in [-0.2, 0) is 4.74 Å². The molecule has 0 fully saturated rings. The first-order valence-corrected chi connectivity index (χ1v) is 15.6. The third-order valence-electron chi connectivity index (χ3n) is 7.05. The number of ether oxygens (including phenoxy) is 3. The topological polar surface area (TPSA) is 61.8 Å². The molecule has 3 rings (SSSR count). The number of unbranched alkanes of at least 4 members (excludes halogenated alkanes) is 7. The zero-order chi connectivity index (χ0) is 31.7. The van der Waals surface area contributed by atoms with Gasteiger partial charge in [-0.15, -0.1) is 0 Å². The molecule has 44 heavy (non-hydrogen) atoms. The molecule has 0 heterocycles. The van der Waals surface area contributed by atoms with Gasteiger partial charge in [0, 0.05) is 11.1 Å². The van der Waals surface area contributed by atoms with Crippen molar-refractivity contribution in [2.45, 2.75) is 91.1 Å². The van der Waals surface area contributed by atoms with Crippen LogP contribution in [0.4, 0.5) is 8.78 Å². The van der Waals surface area contributed by atoms with Gasteiger partial charge in [-0.25, -0.2) is 18.4 Å². The molecular weight excluding hydrogens is 562 g/mol. The van der Waals surface area contributed by atoms with Gasteiger partial charge in [-0.1, -0.05) is 70.6 Å². The summed E-state index contributed by atoms with van der Waals surface area (Å²) in [6.07, 6.45) is 10.5. The lowest BCUT2D eigenvalue weighted by Crippen LogP contribution is -2.15. The zero-order valence-electron chi connectivity index (χ0n) is 25.9. The van der Waals surface area contributed by atoms with Crippen molar-refractivity contribution in [1.29, 1.82) is 0 Å². The second kappa shape index (κ2) is 18.5. The van der Waals surface area contributed by atoms with Crippen LogP contribution in [0.1, 0.15) is 117 Å². The summed E-state index contributed by atoms with van der Waals surface area (Å²) in [6, 6.07) is 14.4. The highest BCUT2D eigenvalue weighted by Gasteiger charge is 2.16. The van der Waals surface area contributed by atoms with E-state index in [9.17, 15) is 18.4 Å². The molecule has 5 nitrogen and oxygen atoms in total. The minimum atomic E-state index is -0.891. The largest absolute Gasteiger partial charge is 0.491 e. The Labute approximate surface area is 259 Å². The summed E-state index contributed by atoms with van der Waals surface area (Å²) < 4.78 is 45.4. The standard InChI is InChI=1S/C37H42F2O5/c1-4-6-8-10-12-24-42-34-23-21-31(26-33(34)39)37(41)44-35-22-18-29(25-32(35)38)15-14-28-16-19-30(20-17-28)36(40)43-27(3)13-11-9-7-5-2/h16-23,25-27H,4-13,24H2,1-3H3/t27-/m1/s1. The molecule has 3 aromatic rings. The third kappa shape index (κ3) is 11.5. The third-order valence-corrected chi connectivity index (χ3v) is 7.05. The van der Waals surface area contributed by atoms with Crippen LogP contribution in [-0.4, -0.2) is 24.6 Å². The maximum Gasteiger partial charge on any atom is 0.343 e. The van der Waals surface area contributed by atoms with E-state index in [0.29, 0.717) is 23.3 Å². The number of rotatable bonds is 16. The van der Waals surface area contributed by atoms with Crippen molar-refractivity contribution in [1.82, 2.24) is 0 Å². The van der Waals surface area contributed by atoms with Crippen molar-refractivity contribution in [3.8, 4) is 23.3 Å². The van der Waals surface area contributed by atoms with Gasteiger partial charge in [0.05, 0.1) is 23.8 Å². The Morgan fingerprint density at radius 2 is 1.27 bits per heavy atom. The number of benzene rings is 3. The zero-order valence-corrected chi connectivity index (χ0v) is 25.9. The van der Waals surface area contributed by atoms with Crippen LogP contribution in [0.5, 0.6) is 11.5 Å². The normalized spacial score (nSPS) is 11.3. The van der Waals surface area contributed by atoms with Crippen molar-refractivity contribution in [2.24, 2.45) is 0 Å². The fraction of sp³-hybridized carbons (Fsp3) is 0.405. The van der Waals surface area contributed by atoms with Gasteiger partial charge in [0.1, 0.15) is 0 Å². The second-order valence-electron chi connectivity index (χ2n) is 10.8. The number of carbonyl (C=O) groups is 2. The van der Waals surface area contributed by atoms with E-state index in [1.54, 1.807) is 24.3 Å². The number of halogens is 2. The van der Waals surface area contributed by atoms with Gasteiger partial charge in [-0.3, -0.25) is 0 Å². The molecule has 0 spiro atoms. The summed E-state index contributed by atoms with van der Waals surface area (Å²) in [5.41, 5.74) is 1.38. The Morgan fingerprint density at radius 1 is 0.682 bits per heavy atom. The summed E-state index contributed by atoms with van der Waals surface area (Å²) in [5, 5.41) is 0. The van der Waals surface area contributed by atoms with Crippen LogP contribution in [0.25, 0.3) is 0 Å². The van der Waals surface area contributed by atoms with Crippen molar-refractivity contribution < 1.29 is 32.6 Å². The summed E-state index contributed by atoms with van der Waals surface area (Å²) in [6.45, 7) is 6.59. The van der Waals surface area contributed by atoms with E-state index < -0.39 is 17.6 Å². The molecule has 7 heteroatoms. The van der Waals surface area contributed by atoms with Gasteiger partial charge >= 0.3 is 11.9 Å². The quantitative estimate of drug-likeness (QED) is 0.0705. The fourth-order valence-corrected chi connectivity index (χ4v) is 4.46. The molecule has 0 unspecified atom stereocenters. The first-order chi connectivity index (χ1) is 21.3. The molecule has 0 aromatic heterocycles. The van der Waals surface area contributed by atoms with E-state index in [2.05, 4.69) is 25.7 Å². The average molecular weight is 605 g/mol. The molecular formula is C37H42F2O5. The highest BCUT2D eigenvalue weighted by Crippen LogP contribution is 2.23. The Morgan fingerprint density at radius 3 is 1.95 bits per heavy atom. The van der Waals surface area contributed by atoms with Crippen LogP contribution in [0.3, 0.4) is 0 Å². The van der Waals surface area contributed by atoms with Crippen LogP contribution < -0.4 is 9.47 Å². The summed E-state index contributed by atoms with van der Waals surface area (Å²) in [7, 11) is 0. The maximum absolute atomic E-state index is 14.7. The monoisotopic (exact) mass is 604 g/mol. The highest BCUT2D eigenvalue weighted by atomic mass is 19.1. The van der Waals surface area contributed by atoms with E-state index in [1.807, 2.05) is 6.92 Å². The fourth-order valence-electron chi connectivity index (χ4n) is 4.46. The summed E-state index contributed by atoms with van der Waals surface area (Å²) in [5.74, 6) is 2.82. The number of hydrogen-bond donors (Lipinski definition) is 0. The lowest BCUT2D eigenvalue weighted by molar-refractivity contribution is 0.0319. The molecule has 0 N–H and O–H groups in total. The molecule has 3 aromatic carbocycles. The van der Waals surface area contributed by atoms with Crippen molar-refractivity contribution in [3.05, 3.63) is 94.6 Å². The van der Waals surface area contributed by atoms with E-state index in [-0.39, 0.29) is 29.1 Å². The van der Waals surface area contributed by atoms with Gasteiger partial charge in [-0.05, 0) is 86.8 Å². The molecule has 0 saturated carbocycles. The lowest BCUT2D eigenvalue weighted by Gasteiger charge is -2.13. The molecule has 0 aliphatic heterocycles. The first-order valence-electron chi connectivity index (χ1n) is 15.6. The maximum atomic E-state index is 14.7. The first kappa shape index (κ1) is 34.3. The SMILES string of the molecule is CCCCCCCOc1ccc(C(=O)Oc2ccc(C#Cc3ccc(C(=O)O[C@H](C)CCCCCC)cc3)cc2F)cc1F. The van der Waals surface area contributed by atoms with Gasteiger partial charge < -0.3 is 14.2 Å². The smallest absolute Gasteiger partial charge is 0.343 e. The number of carbonyl (C=O) groups excluding carboxylic acids is 2. The lowest BCUT2D eigenvalue weighted by atomic mass is 10.1. The summed E-state index contributed by atoms with van der Waals surface area (Å²) in [4.78, 5) is 25.0. The minimum absolute atomic E-state index is 0.0588. The van der Waals surface area contributed by atoms with Crippen molar-refractivity contribution >= 4 is 11.9 Å². The van der Waals surface area contributed by atoms with E-state index in [0.717, 1.165) is 69.9 Å². The van der Waals surface area contributed by atoms with Gasteiger partial charge in [0.2, 0.25) is 0 Å². The molecule has 0 aliphatic rings. The van der Waals surface area contributed by atoms with Gasteiger partial charge in [0.25, 0.3) is 0 Å². The van der Waals surface area contributed by atoms with Gasteiger partial charge in [-0.2, -0.15) is 0 Å². The Hall–Kier alpha value is -4.18. The Kier molecular flexibility index (Phi) is 14.4. The molecule has 234 valence electrons. The van der Waals surface area contributed by atoms with Gasteiger partial charge in [0.15, 0.2) is 23.1 Å². The molecule has 0 radical (unpaired) electrons. The Bertz CT molecular complexity index is 1420.